The van der Waals surface area contributed by atoms with Crippen LogP contribution in [0.15, 0.2) is 0 Å². The minimum Gasteiger partial charge on any atom is -0.355 e. The monoisotopic (exact) mass is 271 g/mol. The Balaban J connectivity index is 3.56. The summed E-state index contributed by atoms with van der Waals surface area (Å²) >= 11 is 0. The van der Waals surface area contributed by atoms with Crippen LogP contribution in [0.5, 0.6) is 0 Å². The first-order valence-electron chi connectivity index (χ1n) is 7.70. The van der Waals surface area contributed by atoms with Crippen LogP contribution in [0.3, 0.4) is 0 Å². The van der Waals surface area contributed by atoms with Crippen molar-refractivity contribution in [1.82, 2.24) is 15.5 Å². The molecule has 2 N–H and O–H groups in total. The van der Waals surface area contributed by atoms with Crippen LogP contribution in [0.4, 0.5) is 0 Å². The normalized spacial score (nSPS) is 13.0. The predicted molar refractivity (Wildman–Crippen MR) is 82.4 cm³/mol. The number of hydrogen-bond donors (Lipinski definition) is 2. The van der Waals surface area contributed by atoms with Crippen LogP contribution in [0.25, 0.3) is 0 Å². The molecule has 0 radical (unpaired) electrons. The molecule has 0 aliphatic carbocycles. The van der Waals surface area contributed by atoms with Gasteiger partial charge in [0.25, 0.3) is 0 Å². The van der Waals surface area contributed by atoms with E-state index in [4.69, 9.17) is 0 Å². The number of nitrogens with one attached hydrogen (secondary N) is 2. The maximum absolute atomic E-state index is 11.8. The highest BCUT2D eigenvalue weighted by molar-refractivity contribution is 5.81. The summed E-state index contributed by atoms with van der Waals surface area (Å²) < 4.78 is 0. The summed E-state index contributed by atoms with van der Waals surface area (Å²) in [7, 11) is 2.13. The predicted octanol–water partition coefficient (Wildman–Crippen LogP) is 2.00. The molecule has 19 heavy (non-hydrogen) atoms. The van der Waals surface area contributed by atoms with Crippen LogP contribution >= 0.6 is 0 Å². The second-order valence-corrected chi connectivity index (χ2v) is 5.60. The van der Waals surface area contributed by atoms with Crippen molar-refractivity contribution in [1.29, 1.82) is 0 Å². The van der Waals surface area contributed by atoms with Crippen LogP contribution < -0.4 is 10.6 Å². The summed E-state index contributed by atoms with van der Waals surface area (Å²) in [5, 5.41) is 6.25. The van der Waals surface area contributed by atoms with Crippen molar-refractivity contribution in [3.05, 3.63) is 0 Å². The summed E-state index contributed by atoms with van der Waals surface area (Å²) in [6.07, 6.45) is 4.52. The van der Waals surface area contributed by atoms with Gasteiger partial charge in [-0.3, -0.25) is 4.79 Å². The van der Waals surface area contributed by atoms with Crippen molar-refractivity contribution in [3.8, 4) is 0 Å². The lowest BCUT2D eigenvalue weighted by molar-refractivity contribution is -0.122. The Morgan fingerprint density at radius 2 is 1.79 bits per heavy atom. The molecule has 0 aromatic carbocycles. The Bertz CT molecular complexity index is 231. The third-order valence-corrected chi connectivity index (χ3v) is 3.49. The van der Waals surface area contributed by atoms with Gasteiger partial charge in [0, 0.05) is 12.6 Å². The van der Waals surface area contributed by atoms with Crippen molar-refractivity contribution in [2.75, 3.05) is 26.7 Å². The molecule has 0 aliphatic rings. The fourth-order valence-electron chi connectivity index (χ4n) is 1.74. The van der Waals surface area contributed by atoms with Gasteiger partial charge in [0.1, 0.15) is 0 Å². The van der Waals surface area contributed by atoms with Crippen molar-refractivity contribution in [3.63, 3.8) is 0 Å². The minimum absolute atomic E-state index is 0.0917. The van der Waals surface area contributed by atoms with Gasteiger partial charge in [-0.1, -0.05) is 19.8 Å². The molecule has 1 amide bonds. The molecular weight excluding hydrogens is 238 g/mol. The van der Waals surface area contributed by atoms with E-state index in [1.807, 2.05) is 6.92 Å². The number of amides is 1. The van der Waals surface area contributed by atoms with Gasteiger partial charge in [-0.2, -0.15) is 0 Å². The Morgan fingerprint density at radius 1 is 1.11 bits per heavy atom. The Labute approximate surface area is 119 Å². The van der Waals surface area contributed by atoms with Gasteiger partial charge in [0.05, 0.1) is 6.04 Å². The Kier molecular flexibility index (Phi) is 10.9. The quantitative estimate of drug-likeness (QED) is 0.565. The first kappa shape index (κ1) is 18.4. The average Bonchev–Trinajstić information content (AvgIpc) is 2.38. The number of carbonyl (C=O) groups is 1. The zero-order valence-electron chi connectivity index (χ0n) is 13.5. The summed E-state index contributed by atoms with van der Waals surface area (Å²) in [4.78, 5) is 14.1. The Hall–Kier alpha value is -0.610. The number of nitrogens with zero attached hydrogens (tertiary/aromatic N) is 1. The number of unbranched alkanes of at least 4 members (excludes halogenated alkanes) is 2. The maximum Gasteiger partial charge on any atom is 0.236 e. The average molecular weight is 271 g/mol. The number of hydrogen-bond acceptors (Lipinski definition) is 3. The van der Waals surface area contributed by atoms with E-state index < -0.39 is 0 Å². The van der Waals surface area contributed by atoms with Crippen molar-refractivity contribution >= 4 is 5.91 Å². The first-order chi connectivity index (χ1) is 8.99. The van der Waals surface area contributed by atoms with E-state index in [-0.39, 0.29) is 11.9 Å². The summed E-state index contributed by atoms with van der Waals surface area (Å²) in [5.41, 5.74) is 0. The second kappa shape index (κ2) is 11.2. The topological polar surface area (TPSA) is 44.4 Å². The third kappa shape index (κ3) is 9.91. The van der Waals surface area contributed by atoms with Gasteiger partial charge < -0.3 is 15.5 Å². The lowest BCUT2D eigenvalue weighted by Crippen LogP contribution is -2.43. The van der Waals surface area contributed by atoms with Gasteiger partial charge in [0.15, 0.2) is 0 Å². The molecule has 0 aromatic heterocycles. The Morgan fingerprint density at radius 3 is 2.37 bits per heavy atom. The molecule has 4 nitrogen and oxygen atoms in total. The van der Waals surface area contributed by atoms with Crippen LogP contribution in [-0.2, 0) is 4.79 Å². The fraction of sp³-hybridized carbons (Fsp3) is 0.933. The van der Waals surface area contributed by atoms with Crippen molar-refractivity contribution < 1.29 is 4.79 Å². The summed E-state index contributed by atoms with van der Waals surface area (Å²) in [6.45, 7) is 11.2. The van der Waals surface area contributed by atoms with Crippen LogP contribution in [0.2, 0.25) is 0 Å². The lowest BCUT2D eigenvalue weighted by atomic mass is 10.2. The van der Waals surface area contributed by atoms with Crippen LogP contribution in [0.1, 0.15) is 53.4 Å². The van der Waals surface area contributed by atoms with Crippen molar-refractivity contribution in [2.24, 2.45) is 0 Å². The first-order valence-corrected chi connectivity index (χ1v) is 7.70. The van der Waals surface area contributed by atoms with E-state index in [1.165, 1.54) is 12.8 Å². The molecule has 1 unspecified atom stereocenters. The highest BCUT2D eigenvalue weighted by Gasteiger charge is 2.11. The molecule has 0 bridgehead atoms. The number of carbonyl (C=O) groups excluding carboxylic acids is 1. The largest absolute Gasteiger partial charge is 0.355 e. The molecular formula is C15H33N3O. The highest BCUT2D eigenvalue weighted by atomic mass is 16.2. The van der Waals surface area contributed by atoms with E-state index in [9.17, 15) is 4.79 Å². The molecule has 0 saturated carbocycles. The van der Waals surface area contributed by atoms with Gasteiger partial charge in [-0.05, 0) is 53.8 Å². The zero-order valence-corrected chi connectivity index (χ0v) is 13.5. The minimum atomic E-state index is -0.0917. The summed E-state index contributed by atoms with van der Waals surface area (Å²) in [6, 6.07) is 0.491. The molecule has 1 atom stereocenters. The van der Waals surface area contributed by atoms with Crippen molar-refractivity contribution in [2.45, 2.75) is 65.5 Å². The fourth-order valence-corrected chi connectivity index (χ4v) is 1.74. The molecule has 0 aliphatic heterocycles. The van der Waals surface area contributed by atoms with E-state index in [0.717, 1.165) is 32.5 Å². The van der Waals surface area contributed by atoms with E-state index in [2.05, 4.69) is 43.4 Å². The van der Waals surface area contributed by atoms with Gasteiger partial charge >= 0.3 is 0 Å². The molecule has 0 rings (SSSR count). The smallest absolute Gasteiger partial charge is 0.236 e. The van der Waals surface area contributed by atoms with Crippen LogP contribution in [0, 0.1) is 0 Å². The molecule has 114 valence electrons. The third-order valence-electron chi connectivity index (χ3n) is 3.49. The van der Waals surface area contributed by atoms with Gasteiger partial charge in [-0.25, -0.2) is 0 Å². The molecule has 0 saturated heterocycles. The zero-order chi connectivity index (χ0) is 14.7. The van der Waals surface area contributed by atoms with Gasteiger partial charge in [-0.15, -0.1) is 0 Å². The van der Waals surface area contributed by atoms with E-state index >= 15 is 0 Å². The molecule has 0 fully saturated rings. The van der Waals surface area contributed by atoms with Crippen LogP contribution in [-0.4, -0.2) is 49.6 Å². The molecule has 0 heterocycles. The second-order valence-electron chi connectivity index (χ2n) is 5.60. The molecule has 0 aromatic rings. The van der Waals surface area contributed by atoms with E-state index in [1.54, 1.807) is 0 Å². The molecule has 0 spiro atoms. The maximum atomic E-state index is 11.8. The van der Waals surface area contributed by atoms with Gasteiger partial charge in [0.2, 0.25) is 5.91 Å². The molecule has 4 heteroatoms. The SMILES string of the molecule is CCCCCNC(=O)C(C)NCCCN(C)C(C)C. The number of rotatable bonds is 11. The van der Waals surface area contributed by atoms with E-state index in [0.29, 0.717) is 6.04 Å². The standard InChI is InChI=1S/C15H33N3O/c1-6-7-8-10-17-15(19)14(4)16-11-9-12-18(5)13(2)3/h13-14,16H,6-12H2,1-5H3,(H,17,19). The highest BCUT2D eigenvalue weighted by Crippen LogP contribution is 1.95. The summed E-state index contributed by atoms with van der Waals surface area (Å²) in [5.74, 6) is 0.119. The lowest BCUT2D eigenvalue weighted by Gasteiger charge is -2.21.